The van der Waals surface area contributed by atoms with Crippen molar-refractivity contribution < 1.29 is 17.9 Å². The molecule has 0 spiro atoms. The van der Waals surface area contributed by atoms with Crippen LogP contribution in [-0.2, 0) is 14.8 Å². The van der Waals surface area contributed by atoms with E-state index >= 15 is 0 Å². The van der Waals surface area contributed by atoms with Gasteiger partial charge >= 0.3 is 0 Å². The van der Waals surface area contributed by atoms with Crippen molar-refractivity contribution in [1.29, 1.82) is 0 Å². The van der Waals surface area contributed by atoms with E-state index in [1.807, 2.05) is 32.0 Å². The number of sulfonamides is 1. The predicted octanol–water partition coefficient (Wildman–Crippen LogP) is 5.82. The largest absolute Gasteiger partial charge is 0.481 e. The lowest BCUT2D eigenvalue weighted by molar-refractivity contribution is -0.122. The van der Waals surface area contributed by atoms with E-state index in [2.05, 4.69) is 10.0 Å². The summed E-state index contributed by atoms with van der Waals surface area (Å²) in [6.07, 6.45) is -0.745. The van der Waals surface area contributed by atoms with E-state index in [-0.39, 0.29) is 26.5 Å². The molecule has 0 aliphatic carbocycles. The number of anilines is 2. The molecule has 6 nitrogen and oxygen atoms in total. The summed E-state index contributed by atoms with van der Waals surface area (Å²) >= 11 is 12.0. The second kappa shape index (κ2) is 9.81. The van der Waals surface area contributed by atoms with Crippen LogP contribution in [-0.4, -0.2) is 20.4 Å². The van der Waals surface area contributed by atoms with Crippen LogP contribution in [0.3, 0.4) is 0 Å². The summed E-state index contributed by atoms with van der Waals surface area (Å²) < 4.78 is 33.5. The lowest BCUT2D eigenvalue weighted by atomic mass is 10.1. The first-order chi connectivity index (χ1) is 15.1. The van der Waals surface area contributed by atoms with Crippen molar-refractivity contribution in [3.05, 3.63) is 81.8 Å². The normalized spacial score (nSPS) is 12.2. The minimum absolute atomic E-state index is 0.00576. The number of aryl methyl sites for hydroxylation is 1. The molecule has 0 radical (unpaired) electrons. The van der Waals surface area contributed by atoms with Crippen molar-refractivity contribution in [3.8, 4) is 5.75 Å². The van der Waals surface area contributed by atoms with Gasteiger partial charge in [0.05, 0.1) is 20.6 Å². The summed E-state index contributed by atoms with van der Waals surface area (Å²) in [7, 11) is -3.89. The number of carbonyl (C=O) groups excluding carboxylic acids is 1. The van der Waals surface area contributed by atoms with Gasteiger partial charge in [0.2, 0.25) is 0 Å². The zero-order valence-corrected chi connectivity index (χ0v) is 20.0. The van der Waals surface area contributed by atoms with Gasteiger partial charge in [-0.05, 0) is 74.4 Å². The topological polar surface area (TPSA) is 84.5 Å². The second-order valence-corrected chi connectivity index (χ2v) is 9.65. The zero-order chi connectivity index (χ0) is 23.5. The first kappa shape index (κ1) is 23.9. The van der Waals surface area contributed by atoms with Gasteiger partial charge in [-0.15, -0.1) is 0 Å². The Kier molecular flexibility index (Phi) is 7.33. The van der Waals surface area contributed by atoms with E-state index in [1.54, 1.807) is 19.1 Å². The van der Waals surface area contributed by atoms with Crippen molar-refractivity contribution in [2.75, 3.05) is 10.0 Å². The first-order valence-electron chi connectivity index (χ1n) is 9.69. The molecule has 1 amide bonds. The summed E-state index contributed by atoms with van der Waals surface area (Å²) in [4.78, 5) is 12.5. The molecule has 0 bridgehead atoms. The summed E-state index contributed by atoms with van der Waals surface area (Å²) in [6.45, 7) is 5.55. The molecular weight excluding hydrogens is 471 g/mol. The van der Waals surface area contributed by atoms with Gasteiger partial charge in [-0.2, -0.15) is 0 Å². The molecule has 0 saturated heterocycles. The number of carbonyl (C=O) groups is 1. The molecule has 2 N–H and O–H groups in total. The number of amides is 1. The molecule has 32 heavy (non-hydrogen) atoms. The highest BCUT2D eigenvalue weighted by Crippen LogP contribution is 2.31. The summed E-state index contributed by atoms with van der Waals surface area (Å²) in [5, 5.41) is 3.07. The molecule has 3 aromatic rings. The van der Waals surface area contributed by atoms with Gasteiger partial charge in [-0.3, -0.25) is 9.52 Å². The Morgan fingerprint density at radius 1 is 0.969 bits per heavy atom. The molecule has 0 aromatic heterocycles. The van der Waals surface area contributed by atoms with Crippen molar-refractivity contribution in [2.24, 2.45) is 0 Å². The van der Waals surface area contributed by atoms with Crippen molar-refractivity contribution in [3.63, 3.8) is 0 Å². The van der Waals surface area contributed by atoms with E-state index in [1.165, 1.54) is 30.3 Å². The Morgan fingerprint density at radius 2 is 1.62 bits per heavy atom. The number of ether oxygens (including phenoxy) is 1. The summed E-state index contributed by atoms with van der Waals surface area (Å²) in [5.41, 5.74) is 2.65. The van der Waals surface area contributed by atoms with Crippen molar-refractivity contribution >= 4 is 50.5 Å². The average Bonchev–Trinajstić information content (AvgIpc) is 2.75. The maximum absolute atomic E-state index is 12.6. The summed E-state index contributed by atoms with van der Waals surface area (Å²) in [5.74, 6) is 0.283. The fourth-order valence-electron chi connectivity index (χ4n) is 2.84. The Labute approximate surface area is 197 Å². The van der Waals surface area contributed by atoms with Gasteiger partial charge in [0.1, 0.15) is 5.75 Å². The van der Waals surface area contributed by atoms with Gasteiger partial charge in [0.25, 0.3) is 15.9 Å². The Bertz CT molecular complexity index is 1250. The fraction of sp³-hybridized carbons (Fsp3) is 0.174. The van der Waals surface area contributed by atoms with Crippen LogP contribution in [0.4, 0.5) is 11.4 Å². The van der Waals surface area contributed by atoms with Crippen LogP contribution < -0.4 is 14.8 Å². The van der Waals surface area contributed by atoms with Crippen molar-refractivity contribution in [1.82, 2.24) is 0 Å². The van der Waals surface area contributed by atoms with Crippen LogP contribution in [0.1, 0.15) is 18.1 Å². The van der Waals surface area contributed by atoms with Gasteiger partial charge in [0, 0.05) is 5.69 Å². The monoisotopic (exact) mass is 492 g/mol. The lowest BCUT2D eigenvalue weighted by Crippen LogP contribution is -2.30. The standard InChI is InChI=1S/C23H22Cl2N2O4S/c1-14-6-4-9-21(15(14)2)31-16(3)23(28)26-17-10-12-18(13-11-17)32(29,30)27-20-8-5-7-19(24)22(20)25/h4-13,16,27H,1-3H3,(H,26,28). The predicted molar refractivity (Wildman–Crippen MR) is 128 cm³/mol. The highest BCUT2D eigenvalue weighted by molar-refractivity contribution is 7.92. The second-order valence-electron chi connectivity index (χ2n) is 7.18. The van der Waals surface area contributed by atoms with Crippen LogP contribution in [0.25, 0.3) is 0 Å². The molecule has 0 heterocycles. The van der Waals surface area contributed by atoms with Crippen LogP contribution in [0.15, 0.2) is 65.6 Å². The van der Waals surface area contributed by atoms with Gasteiger partial charge in [-0.25, -0.2) is 8.42 Å². The van der Waals surface area contributed by atoms with Crippen LogP contribution >= 0.6 is 23.2 Å². The maximum atomic E-state index is 12.6. The third kappa shape index (κ3) is 5.54. The Balaban J connectivity index is 1.67. The lowest BCUT2D eigenvalue weighted by Gasteiger charge is -2.17. The third-order valence-electron chi connectivity index (χ3n) is 4.86. The molecule has 3 rings (SSSR count). The highest BCUT2D eigenvalue weighted by atomic mass is 35.5. The van der Waals surface area contributed by atoms with Gasteiger partial charge in [-0.1, -0.05) is 41.4 Å². The van der Waals surface area contributed by atoms with E-state index in [0.29, 0.717) is 11.4 Å². The average molecular weight is 493 g/mol. The Morgan fingerprint density at radius 3 is 2.31 bits per heavy atom. The Hall–Kier alpha value is -2.74. The minimum Gasteiger partial charge on any atom is -0.481 e. The molecular formula is C23H22Cl2N2O4S. The molecule has 0 saturated carbocycles. The minimum atomic E-state index is -3.89. The maximum Gasteiger partial charge on any atom is 0.265 e. The fourth-order valence-corrected chi connectivity index (χ4v) is 4.32. The van der Waals surface area contributed by atoms with E-state index in [9.17, 15) is 13.2 Å². The number of halogens is 2. The number of hydrogen-bond donors (Lipinski definition) is 2. The SMILES string of the molecule is Cc1cccc(OC(C)C(=O)Nc2ccc(S(=O)(=O)Nc3cccc(Cl)c3Cl)cc2)c1C. The molecule has 1 atom stereocenters. The molecule has 0 fully saturated rings. The molecule has 0 aliphatic heterocycles. The molecule has 168 valence electrons. The zero-order valence-electron chi connectivity index (χ0n) is 17.6. The number of nitrogens with one attached hydrogen (secondary N) is 2. The van der Waals surface area contributed by atoms with Gasteiger partial charge in [0.15, 0.2) is 6.10 Å². The summed E-state index contributed by atoms with van der Waals surface area (Å²) in [6, 6.07) is 16.1. The number of hydrogen-bond acceptors (Lipinski definition) is 4. The molecule has 1 unspecified atom stereocenters. The van der Waals surface area contributed by atoms with E-state index < -0.39 is 16.1 Å². The van der Waals surface area contributed by atoms with Crippen molar-refractivity contribution in [2.45, 2.75) is 31.8 Å². The third-order valence-corrected chi connectivity index (χ3v) is 7.06. The van der Waals surface area contributed by atoms with E-state index in [4.69, 9.17) is 27.9 Å². The van der Waals surface area contributed by atoms with Crippen LogP contribution in [0, 0.1) is 13.8 Å². The quantitative estimate of drug-likeness (QED) is 0.435. The van der Waals surface area contributed by atoms with Crippen LogP contribution in [0.5, 0.6) is 5.75 Å². The molecule has 9 heteroatoms. The van der Waals surface area contributed by atoms with Crippen LogP contribution in [0.2, 0.25) is 10.0 Å². The first-order valence-corrected chi connectivity index (χ1v) is 11.9. The van der Waals surface area contributed by atoms with E-state index in [0.717, 1.165) is 11.1 Å². The van der Waals surface area contributed by atoms with Gasteiger partial charge < -0.3 is 10.1 Å². The molecule has 0 aliphatic rings. The molecule has 3 aromatic carbocycles. The number of benzene rings is 3. The smallest absolute Gasteiger partial charge is 0.265 e. The highest BCUT2D eigenvalue weighted by Gasteiger charge is 2.19. The number of rotatable bonds is 7.